The van der Waals surface area contributed by atoms with Gasteiger partial charge in [0, 0.05) is 19.0 Å². The second kappa shape index (κ2) is 7.40. The van der Waals surface area contributed by atoms with Crippen LogP contribution in [-0.4, -0.2) is 56.6 Å². The summed E-state index contributed by atoms with van der Waals surface area (Å²) in [6.07, 6.45) is 4.71. The van der Waals surface area contributed by atoms with Gasteiger partial charge in [0.15, 0.2) is 0 Å². The van der Waals surface area contributed by atoms with E-state index in [4.69, 9.17) is 5.73 Å². The molecule has 2 rings (SSSR count). The molecule has 134 valence electrons. The molecule has 1 aliphatic carbocycles. The third kappa shape index (κ3) is 4.84. The minimum absolute atomic E-state index is 0.00835. The number of carbonyl (C=O) groups is 1. The molecule has 6 nitrogen and oxygen atoms in total. The van der Waals surface area contributed by atoms with Crippen molar-refractivity contribution in [1.29, 1.82) is 0 Å². The fraction of sp³-hybridized carbons (Fsp3) is 0.929. The summed E-state index contributed by atoms with van der Waals surface area (Å²) in [7, 11) is -3.90. The molecule has 23 heavy (non-hydrogen) atoms. The van der Waals surface area contributed by atoms with E-state index in [1.54, 1.807) is 4.90 Å². The summed E-state index contributed by atoms with van der Waals surface area (Å²) < 4.78 is 52.7. The normalized spacial score (nSPS) is 24.1. The van der Waals surface area contributed by atoms with Crippen LogP contribution in [0.4, 0.5) is 8.78 Å². The quantitative estimate of drug-likeness (QED) is 0.734. The first-order chi connectivity index (χ1) is 10.7. The van der Waals surface area contributed by atoms with Gasteiger partial charge in [0.25, 0.3) is 5.92 Å². The molecule has 1 saturated carbocycles. The number of halogens is 2. The monoisotopic (exact) mass is 353 g/mol. The number of hydrogen-bond acceptors (Lipinski definition) is 4. The minimum atomic E-state index is -3.90. The number of hydrogen-bond donors (Lipinski definition) is 2. The van der Waals surface area contributed by atoms with E-state index in [2.05, 4.69) is 0 Å². The highest BCUT2D eigenvalue weighted by Crippen LogP contribution is 2.28. The first kappa shape index (κ1) is 18.5. The first-order valence-electron chi connectivity index (χ1n) is 8.10. The first-order valence-corrected chi connectivity index (χ1v) is 9.65. The molecule has 1 saturated heterocycles. The molecule has 2 fully saturated rings. The van der Waals surface area contributed by atoms with Crippen LogP contribution in [0.3, 0.4) is 0 Å². The molecular formula is C14H25F2N3O3S. The molecule has 1 aliphatic heterocycles. The molecular weight excluding hydrogens is 328 g/mol. The molecule has 0 aromatic heterocycles. The summed E-state index contributed by atoms with van der Waals surface area (Å²) >= 11 is 0. The van der Waals surface area contributed by atoms with Crippen LogP contribution in [0.15, 0.2) is 0 Å². The van der Waals surface area contributed by atoms with Crippen molar-refractivity contribution >= 4 is 15.9 Å². The van der Waals surface area contributed by atoms with Crippen LogP contribution in [-0.2, 0) is 14.8 Å². The Bertz CT molecular complexity index is 521. The number of alkyl halides is 2. The molecule has 1 unspecified atom stereocenters. The Morgan fingerprint density at radius 3 is 2.48 bits per heavy atom. The lowest BCUT2D eigenvalue weighted by Gasteiger charge is -2.34. The Balaban J connectivity index is 1.95. The van der Waals surface area contributed by atoms with E-state index in [0.29, 0.717) is 19.4 Å². The molecule has 2 aliphatic rings. The second-order valence-electron chi connectivity index (χ2n) is 6.46. The van der Waals surface area contributed by atoms with Gasteiger partial charge in [-0.25, -0.2) is 21.9 Å². The highest BCUT2D eigenvalue weighted by Gasteiger charge is 2.37. The van der Waals surface area contributed by atoms with Gasteiger partial charge in [-0.05, 0) is 25.7 Å². The van der Waals surface area contributed by atoms with Gasteiger partial charge >= 0.3 is 0 Å². The molecule has 0 aromatic carbocycles. The van der Waals surface area contributed by atoms with E-state index < -0.39 is 34.3 Å². The summed E-state index contributed by atoms with van der Waals surface area (Å²) in [6, 6.07) is 0. The minimum Gasteiger partial charge on any atom is -0.341 e. The summed E-state index contributed by atoms with van der Waals surface area (Å²) in [6.45, 7) is -1.29. The van der Waals surface area contributed by atoms with E-state index in [1.807, 2.05) is 4.72 Å². The van der Waals surface area contributed by atoms with Crippen molar-refractivity contribution in [3.05, 3.63) is 0 Å². The van der Waals surface area contributed by atoms with Gasteiger partial charge < -0.3 is 10.6 Å². The summed E-state index contributed by atoms with van der Waals surface area (Å²) in [4.78, 5) is 14.0. The van der Waals surface area contributed by atoms with Gasteiger partial charge in [-0.1, -0.05) is 12.8 Å². The lowest BCUT2D eigenvalue weighted by molar-refractivity contribution is -0.136. The molecule has 0 spiro atoms. The van der Waals surface area contributed by atoms with Crippen molar-refractivity contribution < 1.29 is 22.0 Å². The summed E-state index contributed by atoms with van der Waals surface area (Å²) in [5, 5.41) is -0.838. The van der Waals surface area contributed by atoms with Gasteiger partial charge in [-0.15, -0.1) is 0 Å². The van der Waals surface area contributed by atoms with E-state index >= 15 is 0 Å². The number of amides is 1. The van der Waals surface area contributed by atoms with Crippen LogP contribution in [0.25, 0.3) is 0 Å². The number of nitrogens with one attached hydrogen (secondary N) is 1. The number of carbonyl (C=O) groups excluding carboxylic acids is 1. The van der Waals surface area contributed by atoms with Crippen molar-refractivity contribution in [2.75, 3.05) is 26.2 Å². The van der Waals surface area contributed by atoms with Gasteiger partial charge in [0.2, 0.25) is 15.9 Å². The molecule has 1 heterocycles. The average molecular weight is 353 g/mol. The number of likely N-dealkylation sites (tertiary alicyclic amines) is 1. The largest absolute Gasteiger partial charge is 0.341 e. The Kier molecular flexibility index (Phi) is 5.96. The van der Waals surface area contributed by atoms with Crippen LogP contribution in [0.2, 0.25) is 0 Å². The van der Waals surface area contributed by atoms with Crippen molar-refractivity contribution in [2.45, 2.75) is 49.7 Å². The molecule has 0 aromatic rings. The predicted molar refractivity (Wildman–Crippen MR) is 82.5 cm³/mol. The van der Waals surface area contributed by atoms with Gasteiger partial charge in [-0.2, -0.15) is 0 Å². The fourth-order valence-corrected chi connectivity index (χ4v) is 4.72. The zero-order chi connectivity index (χ0) is 17.1. The Hall–Kier alpha value is -0.800. The number of nitrogens with zero attached hydrogens (tertiary/aromatic N) is 1. The Morgan fingerprint density at radius 1 is 1.22 bits per heavy atom. The topological polar surface area (TPSA) is 92.5 Å². The zero-order valence-electron chi connectivity index (χ0n) is 13.1. The lowest BCUT2D eigenvalue weighted by Crippen LogP contribution is -2.51. The average Bonchev–Trinajstić information content (AvgIpc) is 3.07. The molecule has 9 heteroatoms. The summed E-state index contributed by atoms with van der Waals surface area (Å²) in [5.41, 5.74) is 4.91. The van der Waals surface area contributed by atoms with Crippen molar-refractivity contribution in [3.8, 4) is 0 Å². The van der Waals surface area contributed by atoms with Crippen LogP contribution in [0.1, 0.15) is 38.5 Å². The standard InChI is InChI=1S/C14H25F2N3O3S/c15-14(16,9-17)10-18-23(21,22)12-6-3-7-19(8-12)13(20)11-4-1-2-5-11/h11-12,18H,1-10,17H2. The van der Waals surface area contributed by atoms with E-state index in [1.165, 1.54) is 0 Å². The number of piperidine rings is 1. The molecule has 1 atom stereocenters. The number of sulfonamides is 1. The zero-order valence-corrected chi connectivity index (χ0v) is 14.0. The molecule has 0 bridgehead atoms. The van der Waals surface area contributed by atoms with Crippen LogP contribution >= 0.6 is 0 Å². The smallest absolute Gasteiger partial charge is 0.273 e. The highest BCUT2D eigenvalue weighted by molar-refractivity contribution is 7.90. The van der Waals surface area contributed by atoms with Crippen molar-refractivity contribution in [2.24, 2.45) is 11.7 Å². The number of nitrogens with two attached hydrogens (primary N) is 1. The van der Waals surface area contributed by atoms with Crippen molar-refractivity contribution in [1.82, 2.24) is 9.62 Å². The van der Waals surface area contributed by atoms with Gasteiger partial charge in [0.05, 0.1) is 18.3 Å². The predicted octanol–water partition coefficient (Wildman–Crippen LogP) is 0.681. The Labute approximate surface area is 135 Å². The molecule has 0 radical (unpaired) electrons. The van der Waals surface area contributed by atoms with E-state index in [9.17, 15) is 22.0 Å². The Morgan fingerprint density at radius 2 is 1.87 bits per heavy atom. The molecule has 3 N–H and O–H groups in total. The number of rotatable bonds is 6. The van der Waals surface area contributed by atoms with E-state index in [0.717, 1.165) is 25.7 Å². The van der Waals surface area contributed by atoms with Crippen LogP contribution in [0, 0.1) is 5.92 Å². The van der Waals surface area contributed by atoms with Crippen LogP contribution in [0.5, 0.6) is 0 Å². The lowest BCUT2D eigenvalue weighted by atomic mass is 10.0. The molecule has 1 amide bonds. The maximum absolute atomic E-state index is 13.1. The third-order valence-electron chi connectivity index (χ3n) is 4.66. The van der Waals surface area contributed by atoms with Crippen LogP contribution < -0.4 is 10.5 Å². The van der Waals surface area contributed by atoms with Crippen molar-refractivity contribution in [3.63, 3.8) is 0 Å². The van der Waals surface area contributed by atoms with Gasteiger partial charge in [0.1, 0.15) is 0 Å². The van der Waals surface area contributed by atoms with Gasteiger partial charge in [-0.3, -0.25) is 4.79 Å². The maximum Gasteiger partial charge on any atom is 0.273 e. The highest BCUT2D eigenvalue weighted by atomic mass is 32.2. The maximum atomic E-state index is 13.1. The third-order valence-corrected chi connectivity index (χ3v) is 6.47. The van der Waals surface area contributed by atoms with E-state index in [-0.39, 0.29) is 18.4 Å². The summed E-state index contributed by atoms with van der Waals surface area (Å²) in [5.74, 6) is -3.26. The SMILES string of the molecule is NCC(F)(F)CNS(=O)(=O)C1CCCN(C(=O)C2CCCC2)C1. The second-order valence-corrected chi connectivity index (χ2v) is 8.50. The fourth-order valence-electron chi connectivity index (χ4n) is 3.22.